The molecule has 0 saturated heterocycles. The second kappa shape index (κ2) is 2.71. The van der Waals surface area contributed by atoms with Crippen molar-refractivity contribution in [3.8, 4) is 0 Å². The van der Waals surface area contributed by atoms with E-state index in [4.69, 9.17) is 0 Å². The summed E-state index contributed by atoms with van der Waals surface area (Å²) >= 11 is 0. The SMILES string of the molecule is Cn1nccc1C(=O)C(C)(C)O. The number of carbonyl (C=O) groups excluding carboxylic acids is 1. The maximum atomic E-state index is 11.4. The summed E-state index contributed by atoms with van der Waals surface area (Å²) in [5.74, 6) is -0.317. The minimum atomic E-state index is -1.33. The highest BCUT2D eigenvalue weighted by Gasteiger charge is 2.27. The first-order valence-corrected chi connectivity index (χ1v) is 3.68. The van der Waals surface area contributed by atoms with E-state index in [0.717, 1.165) is 0 Å². The van der Waals surface area contributed by atoms with Crippen LogP contribution in [0.5, 0.6) is 0 Å². The average molecular weight is 168 g/mol. The second-order valence-electron chi connectivity index (χ2n) is 3.23. The molecule has 0 unspecified atom stereocenters. The van der Waals surface area contributed by atoms with E-state index in [1.165, 1.54) is 24.7 Å². The number of Topliss-reactive ketones (excluding diaryl/α,β-unsaturated/α-hetero) is 1. The van der Waals surface area contributed by atoms with Gasteiger partial charge in [0.2, 0.25) is 5.78 Å². The number of hydrogen-bond acceptors (Lipinski definition) is 3. The van der Waals surface area contributed by atoms with Crippen molar-refractivity contribution in [2.24, 2.45) is 7.05 Å². The Morgan fingerprint density at radius 3 is 2.58 bits per heavy atom. The molecule has 0 aromatic carbocycles. The number of ketones is 1. The molecule has 0 fully saturated rings. The molecule has 0 spiro atoms. The van der Waals surface area contributed by atoms with Gasteiger partial charge in [-0.15, -0.1) is 0 Å². The summed E-state index contributed by atoms with van der Waals surface area (Å²) in [6.07, 6.45) is 1.53. The van der Waals surface area contributed by atoms with Crippen LogP contribution < -0.4 is 0 Å². The summed E-state index contributed by atoms with van der Waals surface area (Å²) in [5, 5.41) is 13.2. The molecule has 1 aromatic rings. The predicted octanol–water partition coefficient (Wildman–Crippen LogP) is 0.374. The first-order valence-electron chi connectivity index (χ1n) is 3.68. The number of aryl methyl sites for hydroxylation is 1. The Balaban J connectivity index is 3.01. The highest BCUT2D eigenvalue weighted by Crippen LogP contribution is 2.10. The summed E-state index contributed by atoms with van der Waals surface area (Å²) in [4.78, 5) is 11.4. The number of hydrogen-bond donors (Lipinski definition) is 1. The van der Waals surface area contributed by atoms with Crippen molar-refractivity contribution in [1.82, 2.24) is 9.78 Å². The molecule has 4 heteroatoms. The molecule has 0 aliphatic heterocycles. The number of aliphatic hydroxyl groups is 1. The van der Waals surface area contributed by atoms with Gasteiger partial charge < -0.3 is 5.11 Å². The van der Waals surface area contributed by atoms with Gasteiger partial charge in [-0.05, 0) is 19.9 Å². The zero-order chi connectivity index (χ0) is 9.35. The van der Waals surface area contributed by atoms with Gasteiger partial charge in [0.05, 0.1) is 0 Å². The van der Waals surface area contributed by atoms with Crippen LogP contribution in [0.15, 0.2) is 12.3 Å². The second-order valence-corrected chi connectivity index (χ2v) is 3.23. The molecule has 0 aliphatic carbocycles. The lowest BCUT2D eigenvalue weighted by Crippen LogP contribution is -2.32. The van der Waals surface area contributed by atoms with Gasteiger partial charge in [-0.2, -0.15) is 5.10 Å². The van der Waals surface area contributed by atoms with Crippen LogP contribution in [0.3, 0.4) is 0 Å². The van der Waals surface area contributed by atoms with Crippen molar-refractivity contribution in [3.63, 3.8) is 0 Å². The maximum absolute atomic E-state index is 11.4. The molecule has 12 heavy (non-hydrogen) atoms. The minimum Gasteiger partial charge on any atom is -0.382 e. The van der Waals surface area contributed by atoms with E-state index < -0.39 is 5.60 Å². The lowest BCUT2D eigenvalue weighted by molar-refractivity contribution is 0.0477. The molecular weight excluding hydrogens is 156 g/mol. The topological polar surface area (TPSA) is 55.1 Å². The fourth-order valence-electron chi connectivity index (χ4n) is 0.910. The van der Waals surface area contributed by atoms with E-state index in [-0.39, 0.29) is 5.78 Å². The van der Waals surface area contributed by atoms with Crippen molar-refractivity contribution in [1.29, 1.82) is 0 Å². The van der Waals surface area contributed by atoms with E-state index in [9.17, 15) is 9.90 Å². The molecule has 0 amide bonds. The molecule has 1 heterocycles. The van der Waals surface area contributed by atoms with Gasteiger partial charge in [-0.1, -0.05) is 0 Å². The Hall–Kier alpha value is -1.16. The Morgan fingerprint density at radius 2 is 2.25 bits per heavy atom. The van der Waals surface area contributed by atoms with Gasteiger partial charge in [-0.25, -0.2) is 0 Å². The molecule has 1 aromatic heterocycles. The predicted molar refractivity (Wildman–Crippen MR) is 43.8 cm³/mol. The van der Waals surface area contributed by atoms with Crippen LogP contribution in [0.2, 0.25) is 0 Å². The zero-order valence-corrected chi connectivity index (χ0v) is 7.40. The number of carbonyl (C=O) groups is 1. The van der Waals surface area contributed by atoms with Crippen LogP contribution in [0.1, 0.15) is 24.3 Å². The van der Waals surface area contributed by atoms with Gasteiger partial charge in [-0.3, -0.25) is 9.48 Å². The quantitative estimate of drug-likeness (QED) is 0.649. The highest BCUT2D eigenvalue weighted by molar-refractivity contribution is 6.00. The van der Waals surface area contributed by atoms with Crippen LogP contribution in [0.4, 0.5) is 0 Å². The highest BCUT2D eigenvalue weighted by atomic mass is 16.3. The molecule has 1 rings (SSSR count). The molecule has 0 atom stereocenters. The summed E-state index contributed by atoms with van der Waals surface area (Å²) in [5.41, 5.74) is -0.907. The van der Waals surface area contributed by atoms with Gasteiger partial charge in [0.25, 0.3) is 0 Å². The third kappa shape index (κ3) is 1.53. The van der Waals surface area contributed by atoms with Gasteiger partial charge >= 0.3 is 0 Å². The fraction of sp³-hybridized carbons (Fsp3) is 0.500. The first-order chi connectivity index (χ1) is 5.43. The Kier molecular flexibility index (Phi) is 2.02. The van der Waals surface area contributed by atoms with E-state index in [2.05, 4.69) is 5.10 Å². The van der Waals surface area contributed by atoms with Crippen molar-refractivity contribution in [2.45, 2.75) is 19.4 Å². The zero-order valence-electron chi connectivity index (χ0n) is 7.40. The maximum Gasteiger partial charge on any atom is 0.211 e. The van der Waals surface area contributed by atoms with E-state index in [0.29, 0.717) is 5.69 Å². The molecule has 0 radical (unpaired) electrons. The lowest BCUT2D eigenvalue weighted by atomic mass is 10.0. The Bertz CT molecular complexity index is 296. The van der Waals surface area contributed by atoms with Crippen LogP contribution in [-0.4, -0.2) is 26.3 Å². The largest absolute Gasteiger partial charge is 0.382 e. The molecule has 0 bridgehead atoms. The van der Waals surface area contributed by atoms with Gasteiger partial charge in [0, 0.05) is 13.2 Å². The van der Waals surface area contributed by atoms with Crippen molar-refractivity contribution in [2.75, 3.05) is 0 Å². The van der Waals surface area contributed by atoms with Crippen molar-refractivity contribution >= 4 is 5.78 Å². The van der Waals surface area contributed by atoms with Crippen LogP contribution in [0.25, 0.3) is 0 Å². The number of rotatable bonds is 2. The van der Waals surface area contributed by atoms with Crippen molar-refractivity contribution < 1.29 is 9.90 Å². The standard InChI is InChI=1S/C8H12N2O2/c1-8(2,12)7(11)6-4-5-9-10(6)3/h4-5,12H,1-3H3. The average Bonchev–Trinajstić information content (AvgIpc) is 2.31. The fourth-order valence-corrected chi connectivity index (χ4v) is 0.910. The van der Waals surface area contributed by atoms with Crippen LogP contribution in [-0.2, 0) is 7.05 Å². The first kappa shape index (κ1) is 8.93. The Morgan fingerprint density at radius 1 is 1.67 bits per heavy atom. The van der Waals surface area contributed by atoms with Crippen molar-refractivity contribution in [3.05, 3.63) is 18.0 Å². The van der Waals surface area contributed by atoms with E-state index in [1.807, 2.05) is 0 Å². The monoisotopic (exact) mass is 168 g/mol. The third-order valence-corrected chi connectivity index (χ3v) is 1.61. The Labute approximate surface area is 70.8 Å². The van der Waals surface area contributed by atoms with E-state index in [1.54, 1.807) is 13.1 Å². The summed E-state index contributed by atoms with van der Waals surface area (Å²) < 4.78 is 1.44. The molecule has 0 aliphatic rings. The third-order valence-electron chi connectivity index (χ3n) is 1.61. The van der Waals surface area contributed by atoms with Gasteiger partial charge in [0.1, 0.15) is 11.3 Å². The molecule has 4 nitrogen and oxygen atoms in total. The summed E-state index contributed by atoms with van der Waals surface area (Å²) in [6.45, 7) is 2.92. The molecular formula is C8H12N2O2. The van der Waals surface area contributed by atoms with Crippen LogP contribution >= 0.6 is 0 Å². The summed E-state index contributed by atoms with van der Waals surface area (Å²) in [6, 6.07) is 1.58. The summed E-state index contributed by atoms with van der Waals surface area (Å²) in [7, 11) is 1.67. The normalized spacial score (nSPS) is 11.7. The molecule has 66 valence electrons. The van der Waals surface area contributed by atoms with E-state index >= 15 is 0 Å². The van der Waals surface area contributed by atoms with Crippen LogP contribution in [0, 0.1) is 0 Å². The molecule has 1 N–H and O–H groups in total. The molecule has 0 saturated carbocycles. The number of nitrogens with zero attached hydrogens (tertiary/aromatic N) is 2. The smallest absolute Gasteiger partial charge is 0.211 e. The minimum absolute atomic E-state index is 0.317. The number of aromatic nitrogens is 2. The lowest BCUT2D eigenvalue weighted by Gasteiger charge is -2.14. The van der Waals surface area contributed by atoms with Gasteiger partial charge in [0.15, 0.2) is 0 Å².